The van der Waals surface area contributed by atoms with E-state index in [2.05, 4.69) is 15.8 Å². The lowest BCUT2D eigenvalue weighted by Gasteiger charge is -2.16. The molecule has 1 aliphatic rings. The molecule has 0 saturated carbocycles. The molecule has 25 heavy (non-hydrogen) atoms. The van der Waals surface area contributed by atoms with E-state index in [-0.39, 0.29) is 18.1 Å². The average molecular weight is 351 g/mol. The number of quaternary nitrogens is 1. The summed E-state index contributed by atoms with van der Waals surface area (Å²) in [6, 6.07) is 5.16. The summed E-state index contributed by atoms with van der Waals surface area (Å²) in [7, 11) is 3.99. The third kappa shape index (κ3) is 5.53. The molecule has 0 bridgehead atoms. The Labute approximate surface area is 146 Å². The lowest BCUT2D eigenvalue weighted by atomic mass is 10.0. The van der Waals surface area contributed by atoms with Crippen LogP contribution in [-0.2, 0) is 14.4 Å². The molecular formula is C17H24FN4O3+. The zero-order valence-electron chi connectivity index (χ0n) is 14.6. The number of amides is 2. The number of nitrogens with one attached hydrogen (secondary N) is 3. The Bertz CT molecular complexity index is 646. The van der Waals surface area contributed by atoms with Gasteiger partial charge in [0.15, 0.2) is 0 Å². The van der Waals surface area contributed by atoms with Gasteiger partial charge in [0.05, 0.1) is 32.9 Å². The molecule has 0 spiro atoms. The van der Waals surface area contributed by atoms with E-state index in [9.17, 15) is 14.0 Å². The minimum atomic E-state index is -0.790. The third-order valence-electron chi connectivity index (χ3n) is 3.82. The van der Waals surface area contributed by atoms with Crippen molar-refractivity contribution in [2.45, 2.75) is 25.5 Å². The van der Waals surface area contributed by atoms with Crippen molar-refractivity contribution in [2.24, 2.45) is 5.16 Å². The second-order valence-corrected chi connectivity index (χ2v) is 6.32. The van der Waals surface area contributed by atoms with E-state index in [0.717, 1.165) is 6.54 Å². The van der Waals surface area contributed by atoms with Crippen molar-refractivity contribution in [3.8, 4) is 0 Å². The van der Waals surface area contributed by atoms with Gasteiger partial charge in [0.2, 0.25) is 12.0 Å². The van der Waals surface area contributed by atoms with Crippen molar-refractivity contribution >= 4 is 17.5 Å². The van der Waals surface area contributed by atoms with Crippen molar-refractivity contribution in [1.82, 2.24) is 10.6 Å². The molecule has 0 aliphatic carbocycles. The highest BCUT2D eigenvalue weighted by Gasteiger charge is 2.30. The summed E-state index contributed by atoms with van der Waals surface area (Å²) in [6.07, 6.45) is -0.517. The summed E-state index contributed by atoms with van der Waals surface area (Å²) in [5.41, 5.74) is 1.28. The highest BCUT2D eigenvalue weighted by atomic mass is 19.1. The topological polar surface area (TPSA) is 84.2 Å². The van der Waals surface area contributed by atoms with Gasteiger partial charge < -0.3 is 20.4 Å². The van der Waals surface area contributed by atoms with Gasteiger partial charge in [-0.1, -0.05) is 17.3 Å². The number of nitrogens with zero attached hydrogens (tertiary/aromatic N) is 1. The molecule has 2 rings (SSSR count). The van der Waals surface area contributed by atoms with E-state index < -0.39 is 18.1 Å². The first-order valence-electron chi connectivity index (χ1n) is 8.22. The van der Waals surface area contributed by atoms with E-state index in [4.69, 9.17) is 4.84 Å². The van der Waals surface area contributed by atoms with Crippen LogP contribution in [0.1, 0.15) is 18.9 Å². The molecule has 2 amide bonds. The van der Waals surface area contributed by atoms with Gasteiger partial charge in [-0.15, -0.1) is 0 Å². The minimum Gasteiger partial charge on any atom is -0.382 e. The zero-order chi connectivity index (χ0) is 18.4. The first-order valence-corrected chi connectivity index (χ1v) is 8.22. The predicted molar refractivity (Wildman–Crippen MR) is 90.7 cm³/mol. The van der Waals surface area contributed by atoms with Crippen LogP contribution >= 0.6 is 0 Å². The third-order valence-corrected chi connectivity index (χ3v) is 3.82. The number of hydrogen-bond donors (Lipinski definition) is 3. The lowest BCUT2D eigenvalue weighted by Crippen LogP contribution is -3.06. The summed E-state index contributed by atoms with van der Waals surface area (Å²) >= 11 is 0. The highest BCUT2D eigenvalue weighted by molar-refractivity contribution is 6.04. The first-order chi connectivity index (χ1) is 11.9. The number of carbonyl (C=O) groups excluding carboxylic acids is 2. The quantitative estimate of drug-likeness (QED) is 0.594. The standard InChI is InChI=1S/C17H23FN4O3/c1-11(16(23)19-8-9-22(2)3)20-17(24)15-10-14(21-25-15)12-4-6-13(18)7-5-12/h4-7,11,15H,8-10H2,1-3H3,(H,19,23)(H,20,24)/p+1/t11-,15+/m0/s1. The molecule has 1 aromatic rings. The van der Waals surface area contributed by atoms with E-state index in [0.29, 0.717) is 17.8 Å². The van der Waals surface area contributed by atoms with E-state index in [1.165, 1.54) is 17.0 Å². The highest BCUT2D eigenvalue weighted by Crippen LogP contribution is 2.17. The van der Waals surface area contributed by atoms with Gasteiger partial charge in [-0.05, 0) is 24.6 Å². The molecule has 7 nitrogen and oxygen atoms in total. The molecule has 1 heterocycles. The van der Waals surface area contributed by atoms with Crippen LogP contribution in [0.15, 0.2) is 29.4 Å². The molecule has 136 valence electrons. The van der Waals surface area contributed by atoms with Gasteiger partial charge in [-0.3, -0.25) is 9.59 Å². The van der Waals surface area contributed by atoms with Crippen LogP contribution in [0.25, 0.3) is 0 Å². The number of hydrogen-bond acceptors (Lipinski definition) is 4. The van der Waals surface area contributed by atoms with Gasteiger partial charge in [-0.2, -0.15) is 0 Å². The van der Waals surface area contributed by atoms with Crippen LogP contribution in [0.2, 0.25) is 0 Å². The molecule has 3 N–H and O–H groups in total. The van der Waals surface area contributed by atoms with E-state index >= 15 is 0 Å². The maximum absolute atomic E-state index is 13.0. The summed E-state index contributed by atoms with van der Waals surface area (Å²) in [5, 5.41) is 9.28. The number of rotatable bonds is 7. The van der Waals surface area contributed by atoms with Crippen molar-refractivity contribution in [3.63, 3.8) is 0 Å². The van der Waals surface area contributed by atoms with Crippen LogP contribution in [0.3, 0.4) is 0 Å². The van der Waals surface area contributed by atoms with Crippen molar-refractivity contribution in [3.05, 3.63) is 35.6 Å². The van der Waals surface area contributed by atoms with Gasteiger partial charge >= 0.3 is 0 Å². The molecule has 0 radical (unpaired) electrons. The normalized spacial score (nSPS) is 17.6. The Kier molecular flexibility index (Phi) is 6.46. The predicted octanol–water partition coefficient (Wildman–Crippen LogP) is -0.916. The number of likely N-dealkylation sites (N-methyl/N-ethyl adjacent to an activating group) is 1. The van der Waals surface area contributed by atoms with Gasteiger partial charge in [0.25, 0.3) is 5.91 Å². The average Bonchev–Trinajstić information content (AvgIpc) is 3.05. The Morgan fingerprint density at radius 3 is 2.68 bits per heavy atom. The van der Waals surface area contributed by atoms with E-state index in [1.54, 1.807) is 19.1 Å². The first kappa shape index (κ1) is 18.9. The molecule has 0 fully saturated rings. The SMILES string of the molecule is C[C@H](NC(=O)[C@H]1CC(c2ccc(F)cc2)=NO1)C(=O)NCC[NH+](C)C. The molecule has 2 atom stereocenters. The minimum absolute atomic E-state index is 0.243. The Morgan fingerprint density at radius 2 is 2.04 bits per heavy atom. The fourth-order valence-electron chi connectivity index (χ4n) is 2.29. The fourth-order valence-corrected chi connectivity index (χ4v) is 2.29. The maximum atomic E-state index is 13.0. The Morgan fingerprint density at radius 1 is 1.36 bits per heavy atom. The fraction of sp³-hybridized carbons (Fsp3) is 0.471. The molecule has 0 saturated heterocycles. The maximum Gasteiger partial charge on any atom is 0.264 e. The number of halogens is 1. The Hall–Kier alpha value is -2.48. The van der Waals surface area contributed by atoms with Crippen molar-refractivity contribution < 1.29 is 23.7 Å². The zero-order valence-corrected chi connectivity index (χ0v) is 14.6. The van der Waals surface area contributed by atoms with Crippen molar-refractivity contribution in [1.29, 1.82) is 0 Å². The van der Waals surface area contributed by atoms with Gasteiger partial charge in [-0.25, -0.2) is 4.39 Å². The monoisotopic (exact) mass is 351 g/mol. The van der Waals surface area contributed by atoms with Crippen LogP contribution in [0.5, 0.6) is 0 Å². The molecule has 0 aromatic heterocycles. The Balaban J connectivity index is 1.80. The number of oxime groups is 1. The van der Waals surface area contributed by atoms with Gasteiger partial charge in [0, 0.05) is 6.42 Å². The van der Waals surface area contributed by atoms with Crippen LogP contribution in [0.4, 0.5) is 4.39 Å². The second-order valence-electron chi connectivity index (χ2n) is 6.32. The smallest absolute Gasteiger partial charge is 0.264 e. The molecule has 1 aromatic carbocycles. The summed E-state index contributed by atoms with van der Waals surface area (Å²) in [4.78, 5) is 30.5. The van der Waals surface area contributed by atoms with Crippen LogP contribution in [-0.4, -0.2) is 56.9 Å². The van der Waals surface area contributed by atoms with Crippen molar-refractivity contribution in [2.75, 3.05) is 27.2 Å². The van der Waals surface area contributed by atoms with E-state index in [1.807, 2.05) is 14.1 Å². The van der Waals surface area contributed by atoms with Crippen LogP contribution in [0, 0.1) is 5.82 Å². The molecule has 1 aliphatic heterocycles. The van der Waals surface area contributed by atoms with Crippen LogP contribution < -0.4 is 15.5 Å². The number of benzene rings is 1. The lowest BCUT2D eigenvalue weighted by molar-refractivity contribution is -0.856. The number of carbonyl (C=O) groups is 2. The largest absolute Gasteiger partial charge is 0.382 e. The second kappa shape index (κ2) is 8.57. The summed E-state index contributed by atoms with van der Waals surface area (Å²) in [6.45, 7) is 2.96. The summed E-state index contributed by atoms with van der Waals surface area (Å²) in [5.74, 6) is -0.984. The molecule has 8 heteroatoms. The summed E-state index contributed by atoms with van der Waals surface area (Å²) < 4.78 is 13.0. The molecular weight excluding hydrogens is 327 g/mol. The van der Waals surface area contributed by atoms with Gasteiger partial charge in [0.1, 0.15) is 11.9 Å². The molecule has 0 unspecified atom stereocenters.